The normalized spacial score (nSPS) is 11.1. The van der Waals surface area contributed by atoms with Crippen LogP contribution in [0.3, 0.4) is 0 Å². The first-order valence-electron chi connectivity index (χ1n) is 7.48. The van der Waals surface area contributed by atoms with E-state index < -0.39 is 5.97 Å². The average molecular weight is 330 g/mol. The van der Waals surface area contributed by atoms with Crippen molar-refractivity contribution >= 4 is 22.3 Å². The van der Waals surface area contributed by atoms with Crippen LogP contribution in [-0.2, 0) is 0 Å². The van der Waals surface area contributed by atoms with Crippen molar-refractivity contribution in [2.45, 2.75) is 27.2 Å². The van der Waals surface area contributed by atoms with Crippen LogP contribution in [0.2, 0.25) is 0 Å². The van der Waals surface area contributed by atoms with Gasteiger partial charge in [0.25, 0.3) is 0 Å². The average Bonchev–Trinajstić information content (AvgIpc) is 2.98. The molecule has 2 heterocycles. The van der Waals surface area contributed by atoms with E-state index in [0.717, 1.165) is 28.3 Å². The molecule has 1 aromatic carbocycles. The lowest BCUT2D eigenvalue weighted by atomic mass is 10.1. The van der Waals surface area contributed by atoms with Gasteiger partial charge in [-0.25, -0.2) is 9.78 Å². The number of thiazole rings is 1. The van der Waals surface area contributed by atoms with Gasteiger partial charge >= 0.3 is 5.97 Å². The van der Waals surface area contributed by atoms with Gasteiger partial charge in [-0.1, -0.05) is 6.92 Å². The molecule has 0 aliphatic carbocycles. The maximum Gasteiger partial charge on any atom is 0.354 e. The summed E-state index contributed by atoms with van der Waals surface area (Å²) >= 11 is 1.50. The highest BCUT2D eigenvalue weighted by Crippen LogP contribution is 2.34. The van der Waals surface area contributed by atoms with Gasteiger partial charge in [0.1, 0.15) is 5.75 Å². The number of ether oxygens (including phenoxy) is 1. The number of carboxylic acid groups (broad SMARTS) is 1. The van der Waals surface area contributed by atoms with Crippen LogP contribution in [0.1, 0.15) is 34.4 Å². The number of carbonyl (C=O) groups is 1. The van der Waals surface area contributed by atoms with E-state index in [1.807, 2.05) is 31.2 Å². The van der Waals surface area contributed by atoms with Gasteiger partial charge in [0.15, 0.2) is 10.7 Å². The van der Waals surface area contributed by atoms with Crippen LogP contribution < -0.4 is 4.74 Å². The lowest BCUT2D eigenvalue weighted by Gasteiger charge is -2.07. The molecule has 0 spiro atoms. The second-order valence-electron chi connectivity index (χ2n) is 5.35. The maximum absolute atomic E-state index is 11.6. The smallest absolute Gasteiger partial charge is 0.354 e. The number of aromatic carboxylic acids is 1. The Hall–Kier alpha value is -2.34. The topological polar surface area (TPSA) is 63.8 Å². The highest BCUT2D eigenvalue weighted by atomic mass is 32.1. The Morgan fingerprint density at radius 1 is 1.30 bits per heavy atom. The summed E-state index contributed by atoms with van der Waals surface area (Å²) in [6, 6.07) is 7.75. The molecule has 1 N–H and O–H groups in total. The minimum Gasteiger partial charge on any atom is -0.494 e. The highest BCUT2D eigenvalue weighted by Gasteiger charge is 2.22. The van der Waals surface area contributed by atoms with Crippen LogP contribution in [0.4, 0.5) is 0 Å². The quantitative estimate of drug-likeness (QED) is 0.763. The third-order valence-electron chi connectivity index (χ3n) is 3.63. The summed E-state index contributed by atoms with van der Waals surface area (Å²) in [7, 11) is 0. The van der Waals surface area contributed by atoms with Crippen LogP contribution in [0.15, 0.2) is 24.3 Å². The minimum atomic E-state index is -0.961. The largest absolute Gasteiger partial charge is 0.494 e. The number of imidazole rings is 1. The Balaban J connectivity index is 2.12. The van der Waals surface area contributed by atoms with Gasteiger partial charge in [0.2, 0.25) is 0 Å². The summed E-state index contributed by atoms with van der Waals surface area (Å²) in [6.45, 7) is 6.46. The minimum absolute atomic E-state index is 0.227. The van der Waals surface area contributed by atoms with E-state index >= 15 is 0 Å². The first-order valence-corrected chi connectivity index (χ1v) is 8.29. The van der Waals surface area contributed by atoms with Gasteiger partial charge in [-0.3, -0.25) is 4.40 Å². The number of aromatic nitrogens is 2. The molecule has 0 amide bonds. The fourth-order valence-corrected chi connectivity index (χ4v) is 3.67. The highest BCUT2D eigenvalue weighted by molar-refractivity contribution is 7.17. The van der Waals surface area contributed by atoms with Crippen LogP contribution in [0, 0.1) is 13.8 Å². The molecular weight excluding hydrogens is 312 g/mol. The standard InChI is InChI=1S/C17H18N2O3S/c1-4-9-22-13-7-5-12(6-8-13)15-11(3)23-17-18-10(2)14(16(20)21)19(15)17/h5-8H,4,9H2,1-3H3,(H,20,21). The second-order valence-corrected chi connectivity index (χ2v) is 6.53. The lowest BCUT2D eigenvalue weighted by molar-refractivity contribution is 0.0688. The number of fused-ring (bicyclic) bond motifs is 1. The van der Waals surface area contributed by atoms with E-state index in [1.165, 1.54) is 11.3 Å². The molecule has 3 aromatic rings. The Kier molecular flexibility index (Phi) is 4.09. The molecule has 2 aromatic heterocycles. The van der Waals surface area contributed by atoms with Crippen molar-refractivity contribution in [3.8, 4) is 17.0 Å². The van der Waals surface area contributed by atoms with Crippen molar-refractivity contribution in [1.82, 2.24) is 9.38 Å². The second kappa shape index (κ2) is 6.04. The van der Waals surface area contributed by atoms with Crippen molar-refractivity contribution < 1.29 is 14.6 Å². The number of benzene rings is 1. The summed E-state index contributed by atoms with van der Waals surface area (Å²) in [5.74, 6) is -0.142. The molecule has 6 heteroatoms. The molecule has 120 valence electrons. The van der Waals surface area contributed by atoms with Crippen LogP contribution >= 0.6 is 11.3 Å². The van der Waals surface area contributed by atoms with Gasteiger partial charge in [-0.05, 0) is 50.1 Å². The zero-order chi connectivity index (χ0) is 16.6. The molecule has 23 heavy (non-hydrogen) atoms. The number of rotatable bonds is 5. The van der Waals surface area contributed by atoms with E-state index in [2.05, 4.69) is 11.9 Å². The summed E-state index contributed by atoms with van der Waals surface area (Å²) in [6.07, 6.45) is 0.961. The molecular formula is C17H18N2O3S. The third-order valence-corrected chi connectivity index (χ3v) is 4.58. The third kappa shape index (κ3) is 2.70. The summed E-state index contributed by atoms with van der Waals surface area (Å²) in [5, 5.41) is 9.50. The fourth-order valence-electron chi connectivity index (χ4n) is 2.63. The number of carboxylic acids is 1. The van der Waals surface area contributed by atoms with Crippen molar-refractivity contribution in [3.05, 3.63) is 40.5 Å². The van der Waals surface area contributed by atoms with Gasteiger partial charge in [0, 0.05) is 4.88 Å². The molecule has 0 fully saturated rings. The van der Waals surface area contributed by atoms with Crippen molar-refractivity contribution in [2.24, 2.45) is 0 Å². The number of hydrogen-bond donors (Lipinski definition) is 1. The molecule has 0 atom stereocenters. The SMILES string of the molecule is CCCOc1ccc(-c2c(C)sc3nc(C)c(C(=O)O)n23)cc1. The molecule has 0 unspecified atom stereocenters. The van der Waals surface area contributed by atoms with E-state index in [1.54, 1.807) is 11.3 Å². The Labute approximate surface area is 138 Å². The monoisotopic (exact) mass is 330 g/mol. The van der Waals surface area contributed by atoms with Gasteiger partial charge in [-0.15, -0.1) is 11.3 Å². The van der Waals surface area contributed by atoms with E-state index in [4.69, 9.17) is 4.74 Å². The predicted octanol–water partition coefficient (Wildman–Crippen LogP) is 4.17. The number of hydrogen-bond acceptors (Lipinski definition) is 4. The summed E-state index contributed by atoms with van der Waals surface area (Å²) < 4.78 is 7.34. The van der Waals surface area contributed by atoms with E-state index in [9.17, 15) is 9.90 Å². The first kappa shape index (κ1) is 15.6. The number of nitrogens with zero attached hydrogens (tertiary/aromatic N) is 2. The van der Waals surface area contributed by atoms with Crippen molar-refractivity contribution in [1.29, 1.82) is 0 Å². The van der Waals surface area contributed by atoms with Crippen molar-refractivity contribution in [3.63, 3.8) is 0 Å². The molecule has 0 saturated heterocycles. The number of aryl methyl sites for hydroxylation is 2. The lowest BCUT2D eigenvalue weighted by Crippen LogP contribution is -2.04. The van der Waals surface area contributed by atoms with Crippen LogP contribution in [0.5, 0.6) is 5.75 Å². The molecule has 0 radical (unpaired) electrons. The molecule has 0 saturated carbocycles. The zero-order valence-corrected chi connectivity index (χ0v) is 14.1. The van der Waals surface area contributed by atoms with Crippen molar-refractivity contribution in [2.75, 3.05) is 6.61 Å². The summed E-state index contributed by atoms with van der Waals surface area (Å²) in [5.41, 5.74) is 2.60. The van der Waals surface area contributed by atoms with E-state index in [0.29, 0.717) is 17.3 Å². The van der Waals surface area contributed by atoms with E-state index in [-0.39, 0.29) is 5.69 Å². The Morgan fingerprint density at radius 2 is 2.00 bits per heavy atom. The molecule has 3 rings (SSSR count). The predicted molar refractivity (Wildman–Crippen MR) is 90.7 cm³/mol. The summed E-state index contributed by atoms with van der Waals surface area (Å²) in [4.78, 5) is 17.7. The first-order chi connectivity index (χ1) is 11.0. The van der Waals surface area contributed by atoms with Crippen LogP contribution in [-0.4, -0.2) is 27.1 Å². The maximum atomic E-state index is 11.6. The van der Waals surface area contributed by atoms with Crippen LogP contribution in [0.25, 0.3) is 16.2 Å². The molecule has 5 nitrogen and oxygen atoms in total. The Morgan fingerprint density at radius 3 is 2.61 bits per heavy atom. The fraction of sp³-hybridized carbons (Fsp3) is 0.294. The molecule has 0 bridgehead atoms. The molecule has 0 aliphatic heterocycles. The molecule has 0 aliphatic rings. The van der Waals surface area contributed by atoms with Gasteiger partial charge < -0.3 is 9.84 Å². The van der Waals surface area contributed by atoms with Gasteiger partial charge in [-0.2, -0.15) is 0 Å². The Bertz CT molecular complexity index is 862. The van der Waals surface area contributed by atoms with Gasteiger partial charge in [0.05, 0.1) is 18.0 Å². The zero-order valence-electron chi connectivity index (χ0n) is 13.3.